The Kier molecular flexibility index (Phi) is 8.13. The predicted molar refractivity (Wildman–Crippen MR) is 229 cm³/mol. The van der Waals surface area contributed by atoms with Crippen molar-refractivity contribution in [3.63, 3.8) is 0 Å². The van der Waals surface area contributed by atoms with E-state index in [0.717, 1.165) is 5.69 Å². The lowest BCUT2D eigenvalue weighted by Gasteiger charge is -2.27. The summed E-state index contributed by atoms with van der Waals surface area (Å²) in [5, 5.41) is 7.66. The third-order valence-corrected chi connectivity index (χ3v) is 10.5. The molecule has 0 amide bonds. The lowest BCUT2D eigenvalue weighted by atomic mass is 9.81. The Morgan fingerprint density at radius 1 is 0.302 bits per heavy atom. The van der Waals surface area contributed by atoms with Crippen LogP contribution in [-0.4, -0.2) is 0 Å². The normalized spacial score (nSPS) is 11.4. The molecular formula is C52H41N. The van der Waals surface area contributed by atoms with Gasteiger partial charge in [-0.3, -0.25) is 0 Å². The molecule has 0 heterocycles. The molecule has 0 bridgehead atoms. The maximum atomic E-state index is 2.44. The lowest BCUT2D eigenvalue weighted by molar-refractivity contribution is 1.23. The van der Waals surface area contributed by atoms with Gasteiger partial charge in [0.05, 0.1) is 0 Å². The molecule has 0 saturated heterocycles. The van der Waals surface area contributed by atoms with Gasteiger partial charge in [-0.1, -0.05) is 133 Å². The highest BCUT2D eigenvalue weighted by molar-refractivity contribution is 6.32. The van der Waals surface area contributed by atoms with E-state index in [0.29, 0.717) is 0 Å². The number of aryl methyl sites for hydroxylation is 4. The van der Waals surface area contributed by atoms with Crippen molar-refractivity contribution in [1.29, 1.82) is 0 Å². The Morgan fingerprint density at radius 2 is 0.717 bits per heavy atom. The number of hydrogen-bond donors (Lipinski definition) is 0. The van der Waals surface area contributed by atoms with Gasteiger partial charge in [0.25, 0.3) is 0 Å². The number of nitrogens with zero attached hydrogens (tertiary/aromatic N) is 1. The molecule has 9 aromatic carbocycles. The van der Waals surface area contributed by atoms with Crippen LogP contribution in [0.5, 0.6) is 0 Å². The van der Waals surface area contributed by atoms with Gasteiger partial charge in [-0.25, -0.2) is 0 Å². The van der Waals surface area contributed by atoms with Crippen molar-refractivity contribution in [1.82, 2.24) is 0 Å². The van der Waals surface area contributed by atoms with E-state index < -0.39 is 0 Å². The smallest absolute Gasteiger partial charge is 0.0466 e. The number of fused-ring (bicyclic) bond motifs is 6. The average Bonchev–Trinajstić information content (AvgIpc) is 3.18. The number of anilines is 3. The first-order valence-electron chi connectivity index (χ1n) is 18.5. The predicted octanol–water partition coefficient (Wildman–Crippen LogP) is 14.9. The molecule has 0 N–H and O–H groups in total. The summed E-state index contributed by atoms with van der Waals surface area (Å²) in [7, 11) is 0. The zero-order chi connectivity index (χ0) is 36.1. The quantitative estimate of drug-likeness (QED) is 0.158. The third-order valence-electron chi connectivity index (χ3n) is 10.5. The largest absolute Gasteiger partial charge is 0.310 e. The van der Waals surface area contributed by atoms with E-state index in [-0.39, 0.29) is 0 Å². The van der Waals surface area contributed by atoms with E-state index in [2.05, 4.69) is 209 Å². The first-order valence-corrected chi connectivity index (χ1v) is 18.5. The monoisotopic (exact) mass is 679 g/mol. The maximum Gasteiger partial charge on any atom is 0.0466 e. The van der Waals surface area contributed by atoms with Crippen molar-refractivity contribution in [3.8, 4) is 33.4 Å². The molecule has 9 rings (SSSR count). The van der Waals surface area contributed by atoms with Gasteiger partial charge in [0.1, 0.15) is 0 Å². The zero-order valence-electron chi connectivity index (χ0n) is 30.7. The standard InChI is InChI=1S/C52H41N/c1-34-27-35(2)30-42(29-34)53(43-31-36(3)28-37(4)32-43)41-25-23-40(24-26-41)50-48(38-15-7-5-8-16-38)33-49(39-17-9-6-10-18-39)51-46-21-13-11-19-44(46)45-20-12-14-22-47(45)52(50)51/h5-33H,1-4H3. The summed E-state index contributed by atoms with van der Waals surface area (Å²) < 4.78 is 0. The van der Waals surface area contributed by atoms with Gasteiger partial charge >= 0.3 is 0 Å². The summed E-state index contributed by atoms with van der Waals surface area (Å²) in [5.41, 5.74) is 15.8. The second-order valence-corrected chi connectivity index (χ2v) is 14.5. The van der Waals surface area contributed by atoms with Gasteiger partial charge in [0.15, 0.2) is 0 Å². The molecule has 0 atom stereocenters. The van der Waals surface area contributed by atoms with E-state index in [1.165, 1.54) is 99.3 Å². The van der Waals surface area contributed by atoms with Crippen molar-refractivity contribution < 1.29 is 0 Å². The van der Waals surface area contributed by atoms with Crippen molar-refractivity contribution in [2.75, 3.05) is 4.90 Å². The second kappa shape index (κ2) is 13.3. The average molecular weight is 680 g/mol. The van der Waals surface area contributed by atoms with Crippen molar-refractivity contribution in [2.24, 2.45) is 0 Å². The summed E-state index contributed by atoms with van der Waals surface area (Å²) in [5.74, 6) is 0. The fourth-order valence-corrected chi connectivity index (χ4v) is 8.48. The highest BCUT2D eigenvalue weighted by Gasteiger charge is 2.22. The Bertz CT molecular complexity index is 2700. The van der Waals surface area contributed by atoms with Crippen LogP contribution in [-0.2, 0) is 0 Å². The van der Waals surface area contributed by atoms with Crippen molar-refractivity contribution >= 4 is 49.4 Å². The van der Waals surface area contributed by atoms with Crippen LogP contribution in [0.4, 0.5) is 17.1 Å². The Hall–Kier alpha value is -6.44. The van der Waals surface area contributed by atoms with E-state index in [1.807, 2.05) is 0 Å². The van der Waals surface area contributed by atoms with Gasteiger partial charge in [-0.2, -0.15) is 0 Å². The van der Waals surface area contributed by atoms with Crippen LogP contribution < -0.4 is 4.90 Å². The minimum Gasteiger partial charge on any atom is -0.310 e. The fraction of sp³-hybridized carbons (Fsp3) is 0.0769. The van der Waals surface area contributed by atoms with E-state index in [4.69, 9.17) is 0 Å². The van der Waals surface area contributed by atoms with E-state index in [1.54, 1.807) is 0 Å². The molecule has 0 aliphatic heterocycles. The molecule has 254 valence electrons. The number of hydrogen-bond acceptors (Lipinski definition) is 1. The molecule has 0 spiro atoms. The van der Waals surface area contributed by atoms with Crippen molar-refractivity contribution in [3.05, 3.63) is 198 Å². The van der Waals surface area contributed by atoms with E-state index >= 15 is 0 Å². The summed E-state index contributed by atoms with van der Waals surface area (Å²) in [4.78, 5) is 2.40. The van der Waals surface area contributed by atoms with Gasteiger partial charge in [-0.15, -0.1) is 0 Å². The minimum atomic E-state index is 1.13. The second-order valence-electron chi connectivity index (χ2n) is 14.5. The molecular weight excluding hydrogens is 639 g/mol. The molecule has 0 aliphatic rings. The third kappa shape index (κ3) is 5.85. The van der Waals surface area contributed by atoms with Gasteiger partial charge < -0.3 is 4.90 Å². The highest BCUT2D eigenvalue weighted by atomic mass is 15.1. The topological polar surface area (TPSA) is 3.24 Å². The van der Waals surface area contributed by atoms with Crippen LogP contribution in [0.1, 0.15) is 22.3 Å². The SMILES string of the molecule is Cc1cc(C)cc(N(c2ccc(-c3c(-c4ccccc4)cc(-c4ccccc4)c4c5ccccc5c5ccccc5c34)cc2)c2cc(C)cc(C)c2)c1. The van der Waals surface area contributed by atoms with Crippen LogP contribution in [0.2, 0.25) is 0 Å². The molecule has 0 fully saturated rings. The molecule has 0 unspecified atom stereocenters. The van der Waals surface area contributed by atoms with Crippen molar-refractivity contribution in [2.45, 2.75) is 27.7 Å². The van der Waals surface area contributed by atoms with E-state index in [9.17, 15) is 0 Å². The summed E-state index contributed by atoms with van der Waals surface area (Å²) in [6.07, 6.45) is 0. The van der Waals surface area contributed by atoms with Gasteiger partial charge in [-0.05, 0) is 158 Å². The molecule has 0 radical (unpaired) electrons. The van der Waals surface area contributed by atoms with Gasteiger partial charge in [0.2, 0.25) is 0 Å². The Balaban J connectivity index is 1.37. The van der Waals surface area contributed by atoms with Crippen LogP contribution in [0.15, 0.2) is 176 Å². The molecule has 9 aromatic rings. The highest BCUT2D eigenvalue weighted by Crippen LogP contribution is 2.49. The molecule has 0 aliphatic carbocycles. The molecule has 1 nitrogen and oxygen atoms in total. The molecule has 0 aromatic heterocycles. The first kappa shape index (κ1) is 32.5. The number of benzene rings is 9. The molecule has 0 saturated carbocycles. The first-order chi connectivity index (χ1) is 25.9. The molecule has 1 heteroatoms. The summed E-state index contributed by atoms with van der Waals surface area (Å²) in [6.45, 7) is 8.73. The van der Waals surface area contributed by atoms with Crippen LogP contribution in [0, 0.1) is 27.7 Å². The van der Waals surface area contributed by atoms with Crippen LogP contribution >= 0.6 is 0 Å². The fourth-order valence-electron chi connectivity index (χ4n) is 8.48. The summed E-state index contributed by atoms with van der Waals surface area (Å²) >= 11 is 0. The zero-order valence-corrected chi connectivity index (χ0v) is 30.7. The maximum absolute atomic E-state index is 2.44. The lowest BCUT2D eigenvalue weighted by Crippen LogP contribution is -2.11. The number of rotatable bonds is 6. The van der Waals surface area contributed by atoms with Crippen LogP contribution in [0.25, 0.3) is 65.7 Å². The molecule has 53 heavy (non-hydrogen) atoms. The minimum absolute atomic E-state index is 1.13. The Labute approximate surface area is 312 Å². The summed E-state index contributed by atoms with van der Waals surface area (Å²) in [6, 6.07) is 65.1. The van der Waals surface area contributed by atoms with Gasteiger partial charge in [0, 0.05) is 17.1 Å². The Morgan fingerprint density at radius 3 is 1.21 bits per heavy atom. The van der Waals surface area contributed by atoms with Crippen LogP contribution in [0.3, 0.4) is 0 Å².